The third-order valence-electron chi connectivity index (χ3n) is 5.14. The number of phosphoric acid groups is 3. The van der Waals surface area contributed by atoms with Crippen molar-refractivity contribution >= 4 is 48.3 Å². The molecule has 0 spiro atoms. The SMILES string of the molecule is BC1C(C)C(COP(=O)(O)OP(=O)(O)OP(=O)(O)O)OC1n1c(C)nc2c(NC)ncnc21. The Morgan fingerprint density at radius 3 is 2.45 bits per heavy atom. The van der Waals surface area contributed by atoms with Crippen LogP contribution in [0.25, 0.3) is 11.2 Å². The van der Waals surface area contributed by atoms with Crippen molar-refractivity contribution in [1.29, 1.82) is 0 Å². The molecule has 1 fully saturated rings. The fraction of sp³-hybridized carbons (Fsp3) is 0.615. The maximum absolute atomic E-state index is 12.0. The average molecular weight is 529 g/mol. The molecule has 0 radical (unpaired) electrons. The first kappa shape index (κ1) is 26.4. The summed E-state index contributed by atoms with van der Waals surface area (Å²) in [6.45, 7) is 3.05. The van der Waals surface area contributed by atoms with Crippen molar-refractivity contribution in [2.75, 3.05) is 19.0 Å². The lowest BCUT2D eigenvalue weighted by atomic mass is 9.76. The Hall–Kier alpha value is -1.22. The summed E-state index contributed by atoms with van der Waals surface area (Å²) >= 11 is 0. The molecule has 0 aliphatic carbocycles. The summed E-state index contributed by atoms with van der Waals surface area (Å²) in [4.78, 5) is 49.1. The van der Waals surface area contributed by atoms with Gasteiger partial charge in [0.1, 0.15) is 26.2 Å². The van der Waals surface area contributed by atoms with Crippen LogP contribution < -0.4 is 5.32 Å². The van der Waals surface area contributed by atoms with Crippen LogP contribution in [0, 0.1) is 12.8 Å². The van der Waals surface area contributed by atoms with Gasteiger partial charge < -0.3 is 29.6 Å². The van der Waals surface area contributed by atoms with Gasteiger partial charge in [-0.1, -0.05) is 6.92 Å². The highest BCUT2D eigenvalue weighted by molar-refractivity contribution is 7.66. The molecule has 3 rings (SSSR count). The summed E-state index contributed by atoms with van der Waals surface area (Å²) in [5, 5.41) is 2.94. The zero-order valence-corrected chi connectivity index (χ0v) is 20.6. The van der Waals surface area contributed by atoms with Gasteiger partial charge >= 0.3 is 23.5 Å². The molecule has 1 aliphatic rings. The highest BCUT2D eigenvalue weighted by atomic mass is 31.3. The molecule has 20 heteroatoms. The van der Waals surface area contributed by atoms with Crippen LogP contribution in [0.15, 0.2) is 6.33 Å². The molecule has 1 aliphatic heterocycles. The van der Waals surface area contributed by atoms with E-state index in [0.29, 0.717) is 22.8 Å². The van der Waals surface area contributed by atoms with E-state index < -0.39 is 42.4 Å². The van der Waals surface area contributed by atoms with Gasteiger partial charge in [-0.3, -0.25) is 9.09 Å². The Balaban J connectivity index is 1.75. The van der Waals surface area contributed by atoms with Gasteiger partial charge in [0.2, 0.25) is 0 Å². The number of nitrogens with zero attached hydrogens (tertiary/aromatic N) is 4. The number of fused-ring (bicyclic) bond motifs is 1. The van der Waals surface area contributed by atoms with Gasteiger partial charge in [-0.25, -0.2) is 28.6 Å². The second-order valence-corrected chi connectivity index (χ2v) is 11.8. The van der Waals surface area contributed by atoms with Crippen molar-refractivity contribution in [3.05, 3.63) is 12.2 Å². The van der Waals surface area contributed by atoms with E-state index in [9.17, 15) is 23.5 Å². The summed E-state index contributed by atoms with van der Waals surface area (Å²) in [5.41, 5.74) is 1.06. The molecule has 16 nitrogen and oxygen atoms in total. The van der Waals surface area contributed by atoms with Gasteiger partial charge in [-0.05, 0) is 18.7 Å². The molecular weight excluding hydrogens is 506 g/mol. The maximum atomic E-state index is 12.0. The molecule has 184 valence electrons. The Labute approximate surface area is 188 Å². The fourth-order valence-corrected chi connectivity index (χ4v) is 6.52. The van der Waals surface area contributed by atoms with Crippen LogP contribution in [0.2, 0.25) is 5.82 Å². The van der Waals surface area contributed by atoms with E-state index in [1.165, 1.54) is 6.33 Å². The van der Waals surface area contributed by atoms with Crippen LogP contribution in [0.4, 0.5) is 5.82 Å². The summed E-state index contributed by atoms with van der Waals surface area (Å²) in [6.07, 6.45) is 0.0539. The molecule has 0 amide bonds. The van der Waals surface area contributed by atoms with Gasteiger partial charge in [-0.15, -0.1) is 0 Å². The molecule has 2 aromatic rings. The molecule has 33 heavy (non-hydrogen) atoms. The van der Waals surface area contributed by atoms with Crippen LogP contribution in [0.5, 0.6) is 0 Å². The van der Waals surface area contributed by atoms with Crippen molar-refractivity contribution in [2.24, 2.45) is 5.92 Å². The summed E-state index contributed by atoms with van der Waals surface area (Å²) < 4.78 is 54.2. The van der Waals surface area contributed by atoms with Crippen molar-refractivity contribution in [2.45, 2.75) is 32.0 Å². The van der Waals surface area contributed by atoms with Crippen molar-refractivity contribution in [3.8, 4) is 0 Å². The summed E-state index contributed by atoms with van der Waals surface area (Å²) in [5.74, 6) is 0.776. The third kappa shape index (κ3) is 6.08. The number of ether oxygens (including phenoxy) is 1. The molecule has 0 saturated carbocycles. The number of imidazole rings is 1. The van der Waals surface area contributed by atoms with Crippen LogP contribution in [-0.4, -0.2) is 66.7 Å². The predicted octanol–water partition coefficient (Wildman–Crippen LogP) is 0.475. The van der Waals surface area contributed by atoms with E-state index in [-0.39, 0.29) is 11.7 Å². The molecule has 2 aromatic heterocycles. The minimum atomic E-state index is -5.59. The van der Waals surface area contributed by atoms with Gasteiger partial charge in [0, 0.05) is 7.05 Å². The molecule has 3 heterocycles. The second-order valence-electron chi connectivity index (χ2n) is 7.34. The zero-order valence-electron chi connectivity index (χ0n) is 17.9. The molecular formula is C13H23BN5O11P3. The minimum Gasteiger partial charge on any atom is -0.371 e. The largest absolute Gasteiger partial charge is 0.490 e. The predicted molar refractivity (Wildman–Crippen MR) is 115 cm³/mol. The lowest BCUT2D eigenvalue weighted by Gasteiger charge is -2.20. The first-order valence-corrected chi connectivity index (χ1v) is 14.0. The summed E-state index contributed by atoms with van der Waals surface area (Å²) in [6, 6.07) is 0. The Morgan fingerprint density at radius 1 is 1.18 bits per heavy atom. The Kier molecular flexibility index (Phi) is 7.55. The van der Waals surface area contributed by atoms with Gasteiger partial charge in [0.15, 0.2) is 17.0 Å². The van der Waals surface area contributed by atoms with E-state index in [2.05, 4.69) is 28.9 Å². The van der Waals surface area contributed by atoms with Crippen molar-refractivity contribution in [3.63, 3.8) is 0 Å². The van der Waals surface area contributed by atoms with Crippen LogP contribution >= 0.6 is 23.5 Å². The number of nitrogens with one attached hydrogen (secondary N) is 1. The zero-order chi connectivity index (χ0) is 24.8. The molecule has 5 N–H and O–H groups in total. The van der Waals surface area contributed by atoms with Crippen molar-refractivity contribution < 1.29 is 51.2 Å². The standard InChI is InChI=1S/C13H23BN5O11P3/c1-6-8(4-27-32(23,24)30-33(25,26)29-31(20,21)22)28-13(9(6)14)19-7(2)18-10-11(15-3)16-5-17-12(10)19/h5-6,8-9,13H,4,14H2,1-3H3,(H,23,24)(H,25,26)(H,15,16,17)(H2,20,21,22). The smallest absolute Gasteiger partial charge is 0.371 e. The van der Waals surface area contributed by atoms with Crippen LogP contribution in [0.1, 0.15) is 19.0 Å². The normalized spacial score (nSPS) is 27.4. The third-order valence-corrected chi connectivity index (χ3v) is 8.94. The number of anilines is 1. The topological polar surface area (TPSA) is 225 Å². The number of aromatic nitrogens is 4. The van der Waals surface area contributed by atoms with E-state index in [1.54, 1.807) is 18.5 Å². The molecule has 6 unspecified atom stereocenters. The Morgan fingerprint density at radius 2 is 1.85 bits per heavy atom. The van der Waals surface area contributed by atoms with E-state index in [4.69, 9.17) is 19.0 Å². The molecule has 6 atom stereocenters. The van der Waals surface area contributed by atoms with Gasteiger partial charge in [0.25, 0.3) is 0 Å². The second kappa shape index (κ2) is 9.44. The first-order valence-electron chi connectivity index (χ1n) is 9.45. The number of rotatable bonds is 9. The number of phosphoric ester groups is 1. The quantitative estimate of drug-likeness (QED) is 0.220. The first-order chi connectivity index (χ1) is 15.1. The molecule has 1 saturated heterocycles. The number of hydrogen-bond acceptors (Lipinski definition) is 11. The maximum Gasteiger partial charge on any atom is 0.490 e. The molecule has 0 bridgehead atoms. The van der Waals surface area contributed by atoms with Crippen LogP contribution in [0.3, 0.4) is 0 Å². The summed E-state index contributed by atoms with van der Waals surface area (Å²) in [7, 11) is -12.7. The van der Waals surface area contributed by atoms with Crippen LogP contribution in [-0.2, 0) is 31.6 Å². The average Bonchev–Trinajstić information content (AvgIpc) is 3.13. The number of aryl methyl sites for hydroxylation is 1. The lowest BCUT2D eigenvalue weighted by molar-refractivity contribution is -0.0279. The monoisotopic (exact) mass is 529 g/mol. The molecule has 0 aromatic carbocycles. The van der Waals surface area contributed by atoms with E-state index in [1.807, 2.05) is 14.8 Å². The van der Waals surface area contributed by atoms with E-state index >= 15 is 0 Å². The van der Waals surface area contributed by atoms with Crippen molar-refractivity contribution in [1.82, 2.24) is 19.5 Å². The fourth-order valence-electron chi connectivity index (χ4n) is 3.49. The Bertz CT molecular complexity index is 1170. The van der Waals surface area contributed by atoms with E-state index in [0.717, 1.165) is 0 Å². The lowest BCUT2D eigenvalue weighted by Crippen LogP contribution is -2.21. The number of hydrogen-bond donors (Lipinski definition) is 5. The minimum absolute atomic E-state index is 0.136. The highest BCUT2D eigenvalue weighted by Gasteiger charge is 2.45. The van der Waals surface area contributed by atoms with Gasteiger partial charge in [0.05, 0.1) is 12.7 Å². The highest BCUT2D eigenvalue weighted by Crippen LogP contribution is 2.66. The van der Waals surface area contributed by atoms with Gasteiger partial charge in [-0.2, -0.15) is 8.62 Å².